The van der Waals surface area contributed by atoms with Crippen molar-refractivity contribution in [1.82, 2.24) is 9.47 Å². The van der Waals surface area contributed by atoms with Gasteiger partial charge in [0.05, 0.1) is 0 Å². The van der Waals surface area contributed by atoms with Crippen LogP contribution in [-0.4, -0.2) is 35.1 Å². The molecule has 0 spiro atoms. The molecule has 26 heavy (non-hydrogen) atoms. The average molecular weight is 352 g/mol. The summed E-state index contributed by atoms with van der Waals surface area (Å²) in [6, 6.07) is 7.44. The molecule has 0 saturated heterocycles. The summed E-state index contributed by atoms with van der Waals surface area (Å²) in [5.41, 5.74) is 2.83. The van der Waals surface area contributed by atoms with E-state index in [1.165, 1.54) is 0 Å². The molecule has 1 aromatic heterocycles. The highest BCUT2D eigenvalue weighted by Crippen LogP contribution is 2.34. The van der Waals surface area contributed by atoms with Gasteiger partial charge in [0, 0.05) is 37.0 Å². The average Bonchev–Trinajstić information content (AvgIpc) is 3.51. The largest absolute Gasteiger partial charge is 0.486 e. The van der Waals surface area contributed by atoms with E-state index >= 15 is 0 Å². The Labute approximate surface area is 150 Å². The van der Waals surface area contributed by atoms with Crippen LogP contribution in [0.15, 0.2) is 35.3 Å². The monoisotopic (exact) mass is 352 g/mol. The topological polar surface area (TPSA) is 60.8 Å². The SMILES string of the molecule is O=C(c1ccc2c(c1)OCCO2)N1CCc2cc(=O)n(C3CC3)cc2C1. The molecule has 0 bridgehead atoms. The van der Waals surface area contributed by atoms with Gasteiger partial charge in [0.1, 0.15) is 13.2 Å². The number of amides is 1. The zero-order valence-electron chi connectivity index (χ0n) is 14.4. The molecule has 1 amide bonds. The summed E-state index contributed by atoms with van der Waals surface area (Å²) in [7, 11) is 0. The molecule has 1 fully saturated rings. The van der Waals surface area contributed by atoms with Crippen molar-refractivity contribution in [3.8, 4) is 11.5 Å². The van der Waals surface area contributed by atoms with Gasteiger partial charge < -0.3 is 18.9 Å². The highest BCUT2D eigenvalue weighted by atomic mass is 16.6. The van der Waals surface area contributed by atoms with Crippen molar-refractivity contribution in [2.75, 3.05) is 19.8 Å². The van der Waals surface area contributed by atoms with Crippen molar-refractivity contribution in [3.63, 3.8) is 0 Å². The van der Waals surface area contributed by atoms with Crippen molar-refractivity contribution in [2.45, 2.75) is 31.8 Å². The van der Waals surface area contributed by atoms with Crippen molar-refractivity contribution >= 4 is 5.91 Å². The predicted molar refractivity (Wildman–Crippen MR) is 94.8 cm³/mol. The predicted octanol–water partition coefficient (Wildman–Crippen LogP) is 2.15. The van der Waals surface area contributed by atoms with E-state index in [1.807, 2.05) is 15.7 Å². The highest BCUT2D eigenvalue weighted by molar-refractivity contribution is 5.95. The molecule has 3 heterocycles. The number of nitrogens with zero attached hydrogens (tertiary/aromatic N) is 2. The number of ether oxygens (including phenoxy) is 2. The summed E-state index contributed by atoms with van der Waals surface area (Å²) in [6.45, 7) is 2.19. The second-order valence-corrected chi connectivity index (χ2v) is 7.14. The molecule has 6 heteroatoms. The van der Waals surface area contributed by atoms with Crippen molar-refractivity contribution < 1.29 is 14.3 Å². The quantitative estimate of drug-likeness (QED) is 0.831. The Kier molecular flexibility index (Phi) is 3.51. The van der Waals surface area contributed by atoms with Gasteiger partial charge in [0.25, 0.3) is 11.5 Å². The lowest BCUT2D eigenvalue weighted by molar-refractivity contribution is 0.0733. The maximum Gasteiger partial charge on any atom is 0.254 e. The molecular weight excluding hydrogens is 332 g/mol. The highest BCUT2D eigenvalue weighted by Gasteiger charge is 2.28. The fraction of sp³-hybridized carbons (Fsp3) is 0.400. The van der Waals surface area contributed by atoms with Crippen LogP contribution >= 0.6 is 0 Å². The minimum Gasteiger partial charge on any atom is -0.486 e. The van der Waals surface area contributed by atoms with Gasteiger partial charge in [0.15, 0.2) is 11.5 Å². The second kappa shape index (κ2) is 5.90. The van der Waals surface area contributed by atoms with Crippen molar-refractivity contribution in [2.24, 2.45) is 0 Å². The van der Waals surface area contributed by atoms with Crippen LogP contribution in [0.4, 0.5) is 0 Å². The first-order chi connectivity index (χ1) is 12.7. The number of carbonyl (C=O) groups excluding carboxylic acids is 1. The van der Waals surface area contributed by atoms with Crippen molar-refractivity contribution in [1.29, 1.82) is 0 Å². The maximum absolute atomic E-state index is 13.0. The van der Waals surface area contributed by atoms with E-state index < -0.39 is 0 Å². The number of hydrogen-bond acceptors (Lipinski definition) is 4. The van der Waals surface area contributed by atoms with Gasteiger partial charge in [-0.25, -0.2) is 0 Å². The summed E-state index contributed by atoms with van der Waals surface area (Å²) < 4.78 is 12.9. The zero-order valence-corrected chi connectivity index (χ0v) is 14.4. The Bertz CT molecular complexity index is 945. The summed E-state index contributed by atoms with van der Waals surface area (Å²) in [4.78, 5) is 27.0. The van der Waals surface area contributed by atoms with Gasteiger partial charge >= 0.3 is 0 Å². The molecule has 0 N–H and O–H groups in total. The van der Waals surface area contributed by atoms with Crippen LogP contribution in [-0.2, 0) is 13.0 Å². The number of hydrogen-bond donors (Lipinski definition) is 0. The Balaban J connectivity index is 1.41. The number of carbonyl (C=O) groups is 1. The lowest BCUT2D eigenvalue weighted by atomic mass is 10.0. The molecular formula is C20H20N2O4. The third-order valence-corrected chi connectivity index (χ3v) is 5.29. The molecule has 3 aliphatic rings. The molecule has 2 aromatic rings. The van der Waals surface area contributed by atoms with Crippen LogP contribution in [0.1, 0.15) is 40.4 Å². The molecule has 134 valence electrons. The summed E-state index contributed by atoms with van der Waals surface area (Å²) in [5.74, 6) is 1.30. The first kappa shape index (κ1) is 15.5. The molecule has 1 aliphatic carbocycles. The Morgan fingerprint density at radius 3 is 2.65 bits per heavy atom. The number of rotatable bonds is 2. The molecule has 2 aliphatic heterocycles. The third kappa shape index (κ3) is 2.66. The lowest BCUT2D eigenvalue weighted by Crippen LogP contribution is -2.37. The van der Waals surface area contributed by atoms with Gasteiger partial charge in [0.2, 0.25) is 0 Å². The van der Waals surface area contributed by atoms with E-state index in [2.05, 4.69) is 0 Å². The van der Waals surface area contributed by atoms with E-state index in [0.717, 1.165) is 24.0 Å². The fourth-order valence-corrected chi connectivity index (χ4v) is 3.72. The van der Waals surface area contributed by atoms with E-state index in [0.29, 0.717) is 55.8 Å². The van der Waals surface area contributed by atoms with Crippen LogP contribution < -0.4 is 15.0 Å². The van der Waals surface area contributed by atoms with Gasteiger partial charge in [-0.2, -0.15) is 0 Å². The number of fused-ring (bicyclic) bond motifs is 2. The minimum atomic E-state index is -0.0169. The van der Waals surface area contributed by atoms with Gasteiger partial charge in [-0.05, 0) is 48.6 Å². The molecule has 0 unspecified atom stereocenters. The van der Waals surface area contributed by atoms with E-state index in [9.17, 15) is 9.59 Å². The summed E-state index contributed by atoms with van der Waals surface area (Å²) in [6.07, 6.45) is 4.81. The second-order valence-electron chi connectivity index (χ2n) is 7.14. The Hall–Kier alpha value is -2.76. The van der Waals surface area contributed by atoms with Crippen LogP contribution in [0.5, 0.6) is 11.5 Å². The van der Waals surface area contributed by atoms with Crippen LogP contribution in [0.25, 0.3) is 0 Å². The lowest BCUT2D eigenvalue weighted by Gasteiger charge is -2.29. The van der Waals surface area contributed by atoms with Gasteiger partial charge in [-0.15, -0.1) is 0 Å². The van der Waals surface area contributed by atoms with E-state index in [-0.39, 0.29) is 11.5 Å². The molecule has 1 saturated carbocycles. The summed E-state index contributed by atoms with van der Waals surface area (Å²) >= 11 is 0. The first-order valence-electron chi connectivity index (χ1n) is 9.12. The van der Waals surface area contributed by atoms with Crippen LogP contribution in [0.2, 0.25) is 0 Å². The zero-order chi connectivity index (χ0) is 17.7. The van der Waals surface area contributed by atoms with Gasteiger partial charge in [-0.3, -0.25) is 9.59 Å². The maximum atomic E-state index is 13.0. The molecule has 6 nitrogen and oxygen atoms in total. The Morgan fingerprint density at radius 1 is 1.04 bits per heavy atom. The Morgan fingerprint density at radius 2 is 1.85 bits per heavy atom. The third-order valence-electron chi connectivity index (χ3n) is 5.29. The standard InChI is InChI=1S/C20H20N2O4/c23-19-10-13-5-6-21(11-15(13)12-22(19)16-2-3-16)20(24)14-1-4-17-18(9-14)26-8-7-25-17/h1,4,9-10,12,16H,2-3,5-8,11H2. The smallest absolute Gasteiger partial charge is 0.254 e. The van der Waals surface area contributed by atoms with E-state index in [1.54, 1.807) is 24.3 Å². The van der Waals surface area contributed by atoms with Crippen LogP contribution in [0, 0.1) is 0 Å². The molecule has 0 atom stereocenters. The minimum absolute atomic E-state index is 0.0169. The first-order valence-corrected chi connectivity index (χ1v) is 9.12. The summed E-state index contributed by atoms with van der Waals surface area (Å²) in [5, 5.41) is 0. The molecule has 0 radical (unpaired) electrons. The van der Waals surface area contributed by atoms with Crippen LogP contribution in [0.3, 0.4) is 0 Å². The van der Waals surface area contributed by atoms with E-state index in [4.69, 9.17) is 9.47 Å². The van der Waals surface area contributed by atoms with Crippen molar-refractivity contribution in [3.05, 3.63) is 57.5 Å². The van der Waals surface area contributed by atoms with Gasteiger partial charge in [-0.1, -0.05) is 0 Å². The molecule has 5 rings (SSSR count). The number of pyridine rings is 1. The number of aromatic nitrogens is 1. The fourth-order valence-electron chi connectivity index (χ4n) is 3.72. The normalized spacial score (nSPS) is 18.4. The molecule has 1 aromatic carbocycles. The number of benzene rings is 1.